The number of hydrogen-bond acceptors (Lipinski definition) is 5. The van der Waals surface area contributed by atoms with Crippen LogP contribution in [0.1, 0.15) is 30.6 Å². The number of nitrogens with one attached hydrogen (secondary N) is 2. The first-order chi connectivity index (χ1) is 15.4. The molecule has 3 aromatic rings. The minimum absolute atomic E-state index is 0.0797. The van der Waals surface area contributed by atoms with Gasteiger partial charge >= 0.3 is 0 Å². The van der Waals surface area contributed by atoms with E-state index in [0.717, 1.165) is 6.42 Å². The van der Waals surface area contributed by atoms with E-state index in [1.807, 2.05) is 13.8 Å². The van der Waals surface area contributed by atoms with Crippen molar-refractivity contribution in [1.29, 1.82) is 0 Å². The maximum atomic E-state index is 12.7. The Balaban J connectivity index is 1.68. The van der Waals surface area contributed by atoms with Gasteiger partial charge in [-0.1, -0.05) is 19.1 Å². The molecule has 0 fully saturated rings. The van der Waals surface area contributed by atoms with Crippen molar-refractivity contribution in [3.8, 4) is 11.5 Å². The second-order valence-corrected chi connectivity index (χ2v) is 8.57. The second-order valence-electron chi connectivity index (χ2n) is 6.89. The van der Waals surface area contributed by atoms with Crippen LogP contribution >= 0.6 is 0 Å². The number of anilines is 2. The van der Waals surface area contributed by atoms with Gasteiger partial charge in [0, 0.05) is 11.4 Å². The van der Waals surface area contributed by atoms with Gasteiger partial charge in [0.05, 0.1) is 23.7 Å². The van der Waals surface area contributed by atoms with Crippen LogP contribution in [0.25, 0.3) is 0 Å². The van der Waals surface area contributed by atoms with Crippen LogP contribution in [0, 0.1) is 0 Å². The summed E-state index contributed by atoms with van der Waals surface area (Å²) in [5, 5.41) is 2.77. The van der Waals surface area contributed by atoms with E-state index in [-0.39, 0.29) is 10.8 Å². The Labute approximate surface area is 188 Å². The molecule has 0 spiro atoms. The average molecular weight is 455 g/mol. The van der Waals surface area contributed by atoms with E-state index in [9.17, 15) is 13.2 Å². The summed E-state index contributed by atoms with van der Waals surface area (Å²) in [7, 11) is -3.78. The van der Waals surface area contributed by atoms with E-state index < -0.39 is 10.0 Å². The first-order valence-electron chi connectivity index (χ1n) is 10.3. The van der Waals surface area contributed by atoms with Gasteiger partial charge in [-0.05, 0) is 74.0 Å². The maximum Gasteiger partial charge on any atom is 0.261 e. The highest BCUT2D eigenvalue weighted by molar-refractivity contribution is 7.92. The van der Waals surface area contributed by atoms with Crippen molar-refractivity contribution in [3.63, 3.8) is 0 Å². The second kappa shape index (κ2) is 10.7. The molecule has 0 aliphatic carbocycles. The van der Waals surface area contributed by atoms with Crippen LogP contribution in [-0.2, 0) is 10.0 Å². The largest absolute Gasteiger partial charge is 0.494 e. The molecule has 0 saturated carbocycles. The zero-order chi connectivity index (χ0) is 23.0. The fourth-order valence-corrected chi connectivity index (χ4v) is 3.97. The van der Waals surface area contributed by atoms with Gasteiger partial charge in [-0.15, -0.1) is 0 Å². The number of benzene rings is 3. The smallest absolute Gasteiger partial charge is 0.261 e. The van der Waals surface area contributed by atoms with Crippen molar-refractivity contribution in [2.45, 2.75) is 25.2 Å². The third-order valence-corrected chi connectivity index (χ3v) is 5.83. The Morgan fingerprint density at radius 1 is 0.844 bits per heavy atom. The topological polar surface area (TPSA) is 93.7 Å². The molecule has 0 heterocycles. The minimum atomic E-state index is -3.78. The molecule has 0 saturated heterocycles. The molecule has 8 heteroatoms. The van der Waals surface area contributed by atoms with Crippen molar-refractivity contribution in [1.82, 2.24) is 0 Å². The summed E-state index contributed by atoms with van der Waals surface area (Å²) in [6, 6.07) is 19.6. The van der Waals surface area contributed by atoms with Crippen molar-refractivity contribution in [2.75, 3.05) is 23.3 Å². The molecule has 0 bridgehead atoms. The fraction of sp³-hybridized carbons (Fsp3) is 0.208. The summed E-state index contributed by atoms with van der Waals surface area (Å²) in [4.78, 5) is 12.7. The molecule has 1 amide bonds. The number of hydrogen-bond donors (Lipinski definition) is 2. The predicted octanol–water partition coefficient (Wildman–Crippen LogP) is 4.93. The molecule has 0 radical (unpaired) electrons. The van der Waals surface area contributed by atoms with Crippen LogP contribution < -0.4 is 19.5 Å². The van der Waals surface area contributed by atoms with Gasteiger partial charge in [0.15, 0.2) is 0 Å². The monoisotopic (exact) mass is 454 g/mol. The lowest BCUT2D eigenvalue weighted by molar-refractivity contribution is 0.102. The molecular weight excluding hydrogens is 428 g/mol. The summed E-state index contributed by atoms with van der Waals surface area (Å²) in [5.41, 5.74) is 1.31. The molecular formula is C24H26N2O5S. The molecule has 3 aromatic carbocycles. The van der Waals surface area contributed by atoms with Crippen molar-refractivity contribution < 1.29 is 22.7 Å². The first-order valence-corrected chi connectivity index (χ1v) is 11.8. The van der Waals surface area contributed by atoms with Crippen molar-refractivity contribution >= 4 is 27.3 Å². The van der Waals surface area contributed by atoms with Gasteiger partial charge in [-0.2, -0.15) is 0 Å². The molecule has 0 aliphatic heterocycles. The molecule has 3 rings (SSSR count). The average Bonchev–Trinajstić information content (AvgIpc) is 2.79. The van der Waals surface area contributed by atoms with E-state index in [4.69, 9.17) is 9.47 Å². The number of amides is 1. The Kier molecular flexibility index (Phi) is 7.72. The van der Waals surface area contributed by atoms with E-state index >= 15 is 0 Å². The molecule has 168 valence electrons. The van der Waals surface area contributed by atoms with E-state index in [0.29, 0.717) is 41.7 Å². The van der Waals surface area contributed by atoms with Crippen LogP contribution in [-0.4, -0.2) is 27.5 Å². The van der Waals surface area contributed by atoms with Crippen LogP contribution in [0.2, 0.25) is 0 Å². The normalized spacial score (nSPS) is 10.9. The standard InChI is InChI=1S/C24H26N2O5S/c1-3-17-31-23-8-6-5-7-22(23)24(27)25-18-11-15-21(16-12-18)32(28,29)26-19-9-13-20(14-10-19)30-4-2/h5-16,26H,3-4,17H2,1-2H3,(H,25,27). The molecule has 2 N–H and O–H groups in total. The zero-order valence-corrected chi connectivity index (χ0v) is 18.8. The van der Waals surface area contributed by atoms with Gasteiger partial charge < -0.3 is 14.8 Å². The van der Waals surface area contributed by atoms with Crippen LogP contribution in [0.15, 0.2) is 77.7 Å². The molecule has 7 nitrogen and oxygen atoms in total. The number of para-hydroxylation sites is 1. The lowest BCUT2D eigenvalue weighted by atomic mass is 10.2. The Bertz CT molecular complexity index is 1140. The summed E-state index contributed by atoms with van der Waals surface area (Å²) in [6.45, 7) is 4.91. The SMILES string of the molecule is CCCOc1ccccc1C(=O)Nc1ccc(S(=O)(=O)Nc2ccc(OCC)cc2)cc1. The minimum Gasteiger partial charge on any atom is -0.494 e. The van der Waals surface area contributed by atoms with Gasteiger partial charge in [0.2, 0.25) is 0 Å². The zero-order valence-electron chi connectivity index (χ0n) is 18.0. The first kappa shape index (κ1) is 23.1. The Morgan fingerprint density at radius 2 is 1.50 bits per heavy atom. The Hall–Kier alpha value is -3.52. The number of rotatable bonds is 10. The van der Waals surface area contributed by atoms with Crippen LogP contribution in [0.3, 0.4) is 0 Å². The van der Waals surface area contributed by atoms with Gasteiger partial charge in [0.25, 0.3) is 15.9 Å². The summed E-state index contributed by atoms with van der Waals surface area (Å²) < 4.78 is 38.9. The van der Waals surface area contributed by atoms with Gasteiger partial charge in [-0.3, -0.25) is 9.52 Å². The molecule has 0 aliphatic rings. The highest BCUT2D eigenvalue weighted by Crippen LogP contribution is 2.23. The fourth-order valence-electron chi connectivity index (χ4n) is 2.91. The Morgan fingerprint density at radius 3 is 2.16 bits per heavy atom. The quantitative estimate of drug-likeness (QED) is 0.453. The van der Waals surface area contributed by atoms with E-state index in [1.165, 1.54) is 12.1 Å². The number of sulfonamides is 1. The highest BCUT2D eigenvalue weighted by atomic mass is 32.2. The summed E-state index contributed by atoms with van der Waals surface area (Å²) >= 11 is 0. The number of ether oxygens (including phenoxy) is 2. The van der Waals surface area contributed by atoms with E-state index in [1.54, 1.807) is 60.7 Å². The third kappa shape index (κ3) is 6.01. The number of carbonyl (C=O) groups excluding carboxylic acids is 1. The van der Waals surface area contributed by atoms with Crippen LogP contribution in [0.5, 0.6) is 11.5 Å². The molecule has 0 aromatic heterocycles. The summed E-state index contributed by atoms with van der Waals surface area (Å²) in [5.74, 6) is 0.836. The van der Waals surface area contributed by atoms with Crippen molar-refractivity contribution in [2.24, 2.45) is 0 Å². The summed E-state index contributed by atoms with van der Waals surface area (Å²) in [6.07, 6.45) is 0.830. The third-order valence-electron chi connectivity index (χ3n) is 4.43. The van der Waals surface area contributed by atoms with Gasteiger partial charge in [0.1, 0.15) is 11.5 Å². The molecule has 0 atom stereocenters. The maximum absolute atomic E-state index is 12.7. The molecule has 32 heavy (non-hydrogen) atoms. The molecule has 0 unspecified atom stereocenters. The number of carbonyl (C=O) groups is 1. The van der Waals surface area contributed by atoms with E-state index in [2.05, 4.69) is 10.0 Å². The lowest BCUT2D eigenvalue weighted by Gasteiger charge is -2.12. The predicted molar refractivity (Wildman–Crippen MR) is 125 cm³/mol. The highest BCUT2D eigenvalue weighted by Gasteiger charge is 2.16. The van der Waals surface area contributed by atoms with Crippen molar-refractivity contribution in [3.05, 3.63) is 78.4 Å². The van der Waals surface area contributed by atoms with Gasteiger partial charge in [-0.25, -0.2) is 8.42 Å². The van der Waals surface area contributed by atoms with Crippen LogP contribution in [0.4, 0.5) is 11.4 Å². The lowest BCUT2D eigenvalue weighted by Crippen LogP contribution is -2.15.